The fraction of sp³-hybridized carbons (Fsp3) is 0.800. The predicted molar refractivity (Wildman–Crippen MR) is 36.7 cm³/mol. The number of primary amides is 1. The van der Waals surface area contributed by atoms with Crippen molar-refractivity contribution in [2.75, 3.05) is 0 Å². The molecular formula is C5H10BF2NO. The number of carbonyl (C=O) groups excluding carboxylic acids is 1. The first-order chi connectivity index (χ1) is 4.48. The Hall–Kier alpha value is -0.605. The van der Waals surface area contributed by atoms with Gasteiger partial charge in [-0.25, -0.2) is 8.78 Å². The van der Waals surface area contributed by atoms with Gasteiger partial charge >= 0.3 is 0 Å². The van der Waals surface area contributed by atoms with Crippen molar-refractivity contribution >= 4 is 13.8 Å². The van der Waals surface area contributed by atoms with Crippen molar-refractivity contribution in [3.05, 3.63) is 0 Å². The summed E-state index contributed by atoms with van der Waals surface area (Å²) in [7, 11) is 1.38. The molecule has 0 aliphatic carbocycles. The SMILES string of the molecule is BCC(F)(F)CCC(N)=O. The average molecular weight is 149 g/mol. The van der Waals surface area contributed by atoms with E-state index in [-0.39, 0.29) is 12.7 Å². The van der Waals surface area contributed by atoms with Gasteiger partial charge in [-0.3, -0.25) is 4.79 Å². The first kappa shape index (κ1) is 9.39. The summed E-state index contributed by atoms with van der Waals surface area (Å²) in [4.78, 5) is 10.1. The first-order valence-corrected chi connectivity index (χ1v) is 3.14. The second-order valence-corrected chi connectivity index (χ2v) is 2.18. The van der Waals surface area contributed by atoms with Gasteiger partial charge in [0.1, 0.15) is 7.85 Å². The molecule has 1 amide bonds. The highest BCUT2D eigenvalue weighted by molar-refractivity contribution is 6.09. The number of halogens is 2. The van der Waals surface area contributed by atoms with Crippen LogP contribution in [0.1, 0.15) is 12.8 Å². The molecule has 2 nitrogen and oxygen atoms in total. The molecule has 0 atom stereocenters. The Morgan fingerprint density at radius 2 is 2.10 bits per heavy atom. The normalized spacial score (nSPS) is 11.4. The molecule has 0 heterocycles. The zero-order chi connectivity index (χ0) is 8.20. The highest BCUT2D eigenvalue weighted by Crippen LogP contribution is 2.22. The maximum absolute atomic E-state index is 12.3. The van der Waals surface area contributed by atoms with Crippen LogP contribution in [0, 0.1) is 0 Å². The Morgan fingerprint density at radius 1 is 1.60 bits per heavy atom. The van der Waals surface area contributed by atoms with Crippen molar-refractivity contribution in [1.82, 2.24) is 0 Å². The Kier molecular flexibility index (Phi) is 3.32. The standard InChI is InChI=1S/C5H10BF2NO/c6-3-5(7,8)2-1-4(9)10/h1-3,6H2,(H2,9,10). The van der Waals surface area contributed by atoms with Crippen molar-refractivity contribution in [2.45, 2.75) is 25.1 Å². The van der Waals surface area contributed by atoms with E-state index in [9.17, 15) is 13.6 Å². The third kappa shape index (κ3) is 4.29. The minimum absolute atomic E-state index is 0.235. The molecule has 0 aliphatic heterocycles. The van der Waals surface area contributed by atoms with Crippen molar-refractivity contribution in [2.24, 2.45) is 5.73 Å². The number of alkyl halides is 2. The van der Waals surface area contributed by atoms with E-state index in [1.165, 1.54) is 7.85 Å². The summed E-state index contributed by atoms with van der Waals surface area (Å²) in [6.07, 6.45) is -0.903. The van der Waals surface area contributed by atoms with Crippen LogP contribution in [0.2, 0.25) is 6.32 Å². The molecule has 0 saturated heterocycles. The van der Waals surface area contributed by atoms with E-state index >= 15 is 0 Å². The van der Waals surface area contributed by atoms with Crippen LogP contribution in [0.25, 0.3) is 0 Å². The summed E-state index contributed by atoms with van der Waals surface area (Å²) < 4.78 is 24.6. The monoisotopic (exact) mass is 149 g/mol. The summed E-state index contributed by atoms with van der Waals surface area (Å²) in [5, 5.41) is 0. The fourth-order valence-electron chi connectivity index (χ4n) is 0.483. The topological polar surface area (TPSA) is 43.1 Å². The Bertz CT molecular complexity index is 129. The number of carbonyl (C=O) groups is 1. The summed E-state index contributed by atoms with van der Waals surface area (Å²) >= 11 is 0. The number of amides is 1. The number of rotatable bonds is 4. The molecule has 0 aromatic carbocycles. The molecule has 10 heavy (non-hydrogen) atoms. The molecule has 58 valence electrons. The quantitative estimate of drug-likeness (QED) is 0.559. The molecule has 0 aromatic rings. The van der Waals surface area contributed by atoms with Gasteiger partial charge < -0.3 is 5.73 Å². The molecule has 0 rings (SSSR count). The van der Waals surface area contributed by atoms with E-state index in [1.807, 2.05) is 0 Å². The zero-order valence-corrected chi connectivity index (χ0v) is 5.86. The molecule has 0 radical (unpaired) electrons. The molecule has 2 N–H and O–H groups in total. The van der Waals surface area contributed by atoms with Crippen molar-refractivity contribution in [1.29, 1.82) is 0 Å². The Labute approximate surface area is 59.2 Å². The van der Waals surface area contributed by atoms with Gasteiger partial charge in [0.25, 0.3) is 0 Å². The Morgan fingerprint density at radius 3 is 2.40 bits per heavy atom. The molecule has 0 aliphatic rings. The molecule has 5 heteroatoms. The van der Waals surface area contributed by atoms with E-state index in [0.717, 1.165) is 0 Å². The first-order valence-electron chi connectivity index (χ1n) is 3.14. The van der Waals surface area contributed by atoms with Gasteiger partial charge in [-0.15, -0.1) is 0 Å². The number of hydrogen-bond donors (Lipinski definition) is 1. The predicted octanol–water partition coefficient (Wildman–Crippen LogP) is -0.0614. The highest BCUT2D eigenvalue weighted by atomic mass is 19.3. The lowest BCUT2D eigenvalue weighted by atomic mass is 9.95. The lowest BCUT2D eigenvalue weighted by molar-refractivity contribution is -0.119. The van der Waals surface area contributed by atoms with Crippen LogP contribution < -0.4 is 5.73 Å². The lowest BCUT2D eigenvalue weighted by Gasteiger charge is -2.11. The summed E-state index contributed by atoms with van der Waals surface area (Å²) in [5.74, 6) is -3.40. The molecule has 0 unspecified atom stereocenters. The minimum atomic E-state index is -2.73. The maximum Gasteiger partial charge on any atom is 0.241 e. The van der Waals surface area contributed by atoms with Crippen molar-refractivity contribution in [3.63, 3.8) is 0 Å². The smallest absolute Gasteiger partial charge is 0.241 e. The van der Waals surface area contributed by atoms with Crippen LogP contribution in [0.15, 0.2) is 0 Å². The second-order valence-electron chi connectivity index (χ2n) is 2.18. The molecular weight excluding hydrogens is 139 g/mol. The van der Waals surface area contributed by atoms with E-state index in [0.29, 0.717) is 0 Å². The average Bonchev–Trinajstić information content (AvgIpc) is 1.85. The van der Waals surface area contributed by atoms with Crippen LogP contribution >= 0.6 is 0 Å². The van der Waals surface area contributed by atoms with Gasteiger partial charge in [-0.05, 0) is 6.32 Å². The van der Waals surface area contributed by atoms with Crippen LogP contribution in [0.3, 0.4) is 0 Å². The van der Waals surface area contributed by atoms with Gasteiger partial charge in [0.2, 0.25) is 11.8 Å². The lowest BCUT2D eigenvalue weighted by Crippen LogP contribution is -2.19. The third-order valence-electron chi connectivity index (χ3n) is 1.25. The van der Waals surface area contributed by atoms with Gasteiger partial charge in [0.05, 0.1) is 0 Å². The van der Waals surface area contributed by atoms with Crippen molar-refractivity contribution < 1.29 is 13.6 Å². The maximum atomic E-state index is 12.3. The highest BCUT2D eigenvalue weighted by Gasteiger charge is 2.25. The zero-order valence-electron chi connectivity index (χ0n) is 5.86. The van der Waals surface area contributed by atoms with Gasteiger partial charge in [0.15, 0.2) is 0 Å². The van der Waals surface area contributed by atoms with E-state index in [1.54, 1.807) is 0 Å². The largest absolute Gasteiger partial charge is 0.370 e. The van der Waals surface area contributed by atoms with Crippen LogP contribution in [0.5, 0.6) is 0 Å². The molecule has 0 spiro atoms. The minimum Gasteiger partial charge on any atom is -0.370 e. The van der Waals surface area contributed by atoms with Crippen LogP contribution in [-0.4, -0.2) is 19.7 Å². The van der Waals surface area contributed by atoms with Gasteiger partial charge in [-0.1, -0.05) is 0 Å². The number of nitrogens with two attached hydrogens (primary N) is 1. The summed E-state index contributed by atoms with van der Waals surface area (Å²) in [6.45, 7) is 0. The van der Waals surface area contributed by atoms with Gasteiger partial charge in [0, 0.05) is 12.8 Å². The molecule has 0 saturated carbocycles. The fourth-order valence-corrected chi connectivity index (χ4v) is 0.483. The van der Waals surface area contributed by atoms with Crippen LogP contribution in [-0.2, 0) is 4.79 Å². The van der Waals surface area contributed by atoms with Gasteiger partial charge in [-0.2, -0.15) is 0 Å². The summed E-state index contributed by atoms with van der Waals surface area (Å²) in [6, 6.07) is 0. The van der Waals surface area contributed by atoms with E-state index in [4.69, 9.17) is 0 Å². The molecule has 0 bridgehead atoms. The Balaban J connectivity index is 3.56. The molecule has 0 aromatic heterocycles. The number of hydrogen-bond acceptors (Lipinski definition) is 1. The van der Waals surface area contributed by atoms with E-state index in [2.05, 4.69) is 5.73 Å². The third-order valence-corrected chi connectivity index (χ3v) is 1.25. The second kappa shape index (κ2) is 3.54. The molecule has 0 fully saturated rings. The van der Waals surface area contributed by atoms with Crippen molar-refractivity contribution in [3.8, 4) is 0 Å². The van der Waals surface area contributed by atoms with Crippen LogP contribution in [0.4, 0.5) is 8.78 Å². The summed E-state index contributed by atoms with van der Waals surface area (Å²) in [5.41, 5.74) is 4.68. The van der Waals surface area contributed by atoms with E-state index < -0.39 is 18.3 Å².